The molecule has 0 amide bonds. The molecule has 3 N–H and O–H groups in total. The van der Waals surface area contributed by atoms with Crippen LogP contribution in [0.4, 0.5) is 18.9 Å². The van der Waals surface area contributed by atoms with E-state index in [9.17, 15) is 13.2 Å². The third-order valence-electron chi connectivity index (χ3n) is 2.68. The number of hydrazine groups is 1. The van der Waals surface area contributed by atoms with Gasteiger partial charge in [-0.25, -0.2) is 10.8 Å². The van der Waals surface area contributed by atoms with Crippen molar-refractivity contribution in [2.75, 3.05) is 0 Å². The number of hydrogen-bond acceptors (Lipinski definition) is 2. The lowest BCUT2D eigenvalue weighted by Gasteiger charge is -2.14. The van der Waals surface area contributed by atoms with Gasteiger partial charge in [0.2, 0.25) is 0 Å². The predicted octanol–water partition coefficient (Wildman–Crippen LogP) is 4.01. The highest BCUT2D eigenvalue weighted by Crippen LogP contribution is 2.34. The van der Waals surface area contributed by atoms with Gasteiger partial charge >= 0.3 is 6.18 Å². The van der Waals surface area contributed by atoms with Crippen molar-refractivity contribution in [3.05, 3.63) is 64.1 Å². The van der Waals surface area contributed by atoms with Crippen LogP contribution in [0.3, 0.4) is 0 Å². The Morgan fingerprint density at radius 1 is 1.10 bits per heavy atom. The van der Waals surface area contributed by atoms with Gasteiger partial charge in [-0.2, -0.15) is 13.2 Å². The molecule has 0 spiro atoms. The predicted molar refractivity (Wildman–Crippen MR) is 79.1 cm³/mol. The third-order valence-corrected chi connectivity index (χ3v) is 3.17. The molecule has 3 nitrogen and oxygen atoms in total. The van der Waals surface area contributed by atoms with Crippen LogP contribution in [-0.2, 0) is 6.18 Å². The Kier molecular flexibility index (Phi) is 4.64. The average Bonchev–Trinajstić information content (AvgIpc) is 2.45. The molecule has 0 aliphatic heterocycles. The van der Waals surface area contributed by atoms with E-state index in [4.69, 9.17) is 5.84 Å². The number of benzene rings is 2. The van der Waals surface area contributed by atoms with Crippen molar-refractivity contribution in [3.8, 4) is 0 Å². The summed E-state index contributed by atoms with van der Waals surface area (Å²) >= 11 is 3.04. The van der Waals surface area contributed by atoms with E-state index in [1.807, 2.05) is 0 Å². The molecule has 0 radical (unpaired) electrons. The number of hydrogen-bond donors (Lipinski definition) is 2. The Bertz CT molecular complexity index is 654. The number of halogens is 4. The quantitative estimate of drug-likeness (QED) is 0.369. The third kappa shape index (κ3) is 3.83. The Hall–Kier alpha value is -1.86. The van der Waals surface area contributed by atoms with Gasteiger partial charge in [-0.3, -0.25) is 0 Å². The van der Waals surface area contributed by atoms with Crippen LogP contribution in [0.2, 0.25) is 0 Å². The number of para-hydroxylation sites is 1. The molecular weight excluding hydrogens is 347 g/mol. The lowest BCUT2D eigenvalue weighted by atomic mass is 10.1. The summed E-state index contributed by atoms with van der Waals surface area (Å²) in [6.45, 7) is 0. The molecule has 110 valence electrons. The normalized spacial score (nSPS) is 12.3. The minimum atomic E-state index is -4.51. The molecule has 0 heterocycles. The molecule has 21 heavy (non-hydrogen) atoms. The zero-order valence-corrected chi connectivity index (χ0v) is 12.2. The summed E-state index contributed by atoms with van der Waals surface area (Å²) in [5, 5.41) is 0. The standard InChI is InChI=1S/C14H11BrF3N3/c15-9-6-7-11(12(8-9)14(16,17)18)13(21-19)20-10-4-2-1-3-5-10/h1-8H,19H2,(H,20,21). The van der Waals surface area contributed by atoms with Crippen LogP contribution in [0.25, 0.3) is 0 Å². The van der Waals surface area contributed by atoms with Crippen molar-refractivity contribution >= 4 is 27.5 Å². The summed E-state index contributed by atoms with van der Waals surface area (Å²) in [6, 6.07) is 12.4. The first-order valence-corrected chi connectivity index (χ1v) is 6.68. The van der Waals surface area contributed by atoms with Gasteiger partial charge in [-0.1, -0.05) is 34.1 Å². The molecule has 2 rings (SSSR count). The molecule has 0 fully saturated rings. The smallest absolute Gasteiger partial charge is 0.308 e. The lowest BCUT2D eigenvalue weighted by molar-refractivity contribution is -0.137. The SMILES string of the molecule is NNC(=Nc1ccccc1)c1ccc(Br)cc1C(F)(F)F. The summed E-state index contributed by atoms with van der Waals surface area (Å²) < 4.78 is 39.7. The van der Waals surface area contributed by atoms with Crippen molar-refractivity contribution < 1.29 is 13.2 Å². The zero-order chi connectivity index (χ0) is 15.5. The molecular formula is C14H11BrF3N3. The molecule has 0 saturated heterocycles. The van der Waals surface area contributed by atoms with Crippen LogP contribution < -0.4 is 11.3 Å². The summed E-state index contributed by atoms with van der Waals surface area (Å²) in [4.78, 5) is 4.12. The largest absolute Gasteiger partial charge is 0.417 e. The first-order valence-electron chi connectivity index (χ1n) is 5.89. The highest BCUT2D eigenvalue weighted by molar-refractivity contribution is 9.10. The highest BCUT2D eigenvalue weighted by Gasteiger charge is 2.34. The fourth-order valence-corrected chi connectivity index (χ4v) is 2.12. The van der Waals surface area contributed by atoms with E-state index in [-0.39, 0.29) is 11.4 Å². The monoisotopic (exact) mass is 357 g/mol. The number of nitrogens with two attached hydrogens (primary N) is 1. The Morgan fingerprint density at radius 2 is 1.76 bits per heavy atom. The van der Waals surface area contributed by atoms with Crippen LogP contribution in [0.1, 0.15) is 11.1 Å². The molecule has 0 unspecified atom stereocenters. The van der Waals surface area contributed by atoms with Crippen molar-refractivity contribution in [2.24, 2.45) is 10.8 Å². The van der Waals surface area contributed by atoms with E-state index < -0.39 is 11.7 Å². The maximum Gasteiger partial charge on any atom is 0.417 e. The molecule has 7 heteroatoms. The molecule has 0 aliphatic rings. The van der Waals surface area contributed by atoms with Crippen LogP contribution in [0.5, 0.6) is 0 Å². The molecule has 0 saturated carbocycles. The average molecular weight is 358 g/mol. The Morgan fingerprint density at radius 3 is 2.33 bits per heavy atom. The lowest BCUT2D eigenvalue weighted by Crippen LogP contribution is -2.32. The number of alkyl halides is 3. The van der Waals surface area contributed by atoms with E-state index >= 15 is 0 Å². The number of aliphatic imine (C=N–C) groups is 1. The van der Waals surface area contributed by atoms with Crippen LogP contribution in [-0.4, -0.2) is 5.84 Å². The number of rotatable bonds is 2. The summed E-state index contributed by atoms with van der Waals surface area (Å²) in [5.41, 5.74) is 1.81. The van der Waals surface area contributed by atoms with Crippen molar-refractivity contribution in [1.82, 2.24) is 5.43 Å². The number of amidine groups is 1. The first kappa shape index (κ1) is 15.5. The molecule has 2 aromatic rings. The molecule has 0 aliphatic carbocycles. The van der Waals surface area contributed by atoms with Crippen LogP contribution >= 0.6 is 15.9 Å². The fraction of sp³-hybridized carbons (Fsp3) is 0.0714. The maximum absolute atomic E-state index is 13.1. The Balaban J connectivity index is 2.56. The fourth-order valence-electron chi connectivity index (χ4n) is 1.76. The van der Waals surface area contributed by atoms with Crippen molar-refractivity contribution in [1.29, 1.82) is 0 Å². The number of nitrogens with one attached hydrogen (secondary N) is 1. The van der Waals surface area contributed by atoms with Crippen LogP contribution in [0, 0.1) is 0 Å². The van der Waals surface area contributed by atoms with Gasteiger partial charge in [0.1, 0.15) is 5.84 Å². The Labute approximate surface area is 127 Å². The summed E-state index contributed by atoms with van der Waals surface area (Å²) in [5.74, 6) is 5.29. The van der Waals surface area contributed by atoms with Gasteiger partial charge in [0.05, 0.1) is 11.3 Å². The molecule has 0 aromatic heterocycles. The van der Waals surface area contributed by atoms with Gasteiger partial charge in [0.15, 0.2) is 0 Å². The van der Waals surface area contributed by atoms with E-state index in [2.05, 4.69) is 26.3 Å². The minimum Gasteiger partial charge on any atom is -0.308 e. The topological polar surface area (TPSA) is 50.4 Å². The second-order valence-electron chi connectivity index (χ2n) is 4.13. The van der Waals surface area contributed by atoms with E-state index in [1.165, 1.54) is 12.1 Å². The van der Waals surface area contributed by atoms with Gasteiger partial charge in [0, 0.05) is 10.0 Å². The molecule has 0 atom stereocenters. The van der Waals surface area contributed by atoms with E-state index in [0.29, 0.717) is 10.2 Å². The van der Waals surface area contributed by atoms with Crippen LogP contribution in [0.15, 0.2) is 58.0 Å². The molecule has 2 aromatic carbocycles. The molecule has 0 bridgehead atoms. The highest BCUT2D eigenvalue weighted by atomic mass is 79.9. The van der Waals surface area contributed by atoms with Gasteiger partial charge in [-0.05, 0) is 30.3 Å². The maximum atomic E-state index is 13.1. The van der Waals surface area contributed by atoms with Gasteiger partial charge < -0.3 is 5.43 Å². The van der Waals surface area contributed by atoms with Gasteiger partial charge in [-0.15, -0.1) is 0 Å². The summed E-state index contributed by atoms with van der Waals surface area (Å²) in [6.07, 6.45) is -4.51. The minimum absolute atomic E-state index is 0.0546. The first-order chi connectivity index (χ1) is 9.91. The summed E-state index contributed by atoms with van der Waals surface area (Å²) in [7, 11) is 0. The van der Waals surface area contributed by atoms with Crippen molar-refractivity contribution in [2.45, 2.75) is 6.18 Å². The van der Waals surface area contributed by atoms with E-state index in [0.717, 1.165) is 6.07 Å². The number of nitrogens with zero attached hydrogens (tertiary/aromatic N) is 1. The second kappa shape index (κ2) is 6.28. The zero-order valence-electron chi connectivity index (χ0n) is 10.7. The second-order valence-corrected chi connectivity index (χ2v) is 5.04. The van der Waals surface area contributed by atoms with Crippen molar-refractivity contribution in [3.63, 3.8) is 0 Å². The van der Waals surface area contributed by atoms with Gasteiger partial charge in [0.25, 0.3) is 0 Å². The van der Waals surface area contributed by atoms with E-state index in [1.54, 1.807) is 30.3 Å².